The van der Waals surface area contributed by atoms with Crippen LogP contribution >= 0.6 is 0 Å². The van der Waals surface area contributed by atoms with Crippen LogP contribution in [-0.2, 0) is 13.1 Å². The zero-order chi connectivity index (χ0) is 15.4. The van der Waals surface area contributed by atoms with Crippen molar-refractivity contribution in [2.75, 3.05) is 19.6 Å². The Morgan fingerprint density at radius 3 is 2.57 bits per heavy atom. The van der Waals surface area contributed by atoms with Crippen molar-refractivity contribution in [1.29, 1.82) is 0 Å². The summed E-state index contributed by atoms with van der Waals surface area (Å²) in [5.74, 6) is -1.03. The molecular formula is C14H18N4O3. The Kier molecular flexibility index (Phi) is 4.42. The molecule has 1 aliphatic heterocycles. The molecule has 0 aliphatic carbocycles. The lowest BCUT2D eigenvalue weighted by Gasteiger charge is -2.32. The highest BCUT2D eigenvalue weighted by Crippen LogP contribution is 2.18. The summed E-state index contributed by atoms with van der Waals surface area (Å²) in [6.45, 7) is 9.35. The lowest BCUT2D eigenvalue weighted by atomic mass is 10.2. The van der Waals surface area contributed by atoms with E-state index in [1.807, 2.05) is 0 Å². The zero-order valence-corrected chi connectivity index (χ0v) is 11.7. The molecule has 2 amide bonds. The third-order valence-electron chi connectivity index (χ3n) is 3.34. The smallest absolute Gasteiger partial charge is 0.339 e. The molecule has 0 bridgehead atoms. The van der Waals surface area contributed by atoms with Gasteiger partial charge in [0.15, 0.2) is 0 Å². The first kappa shape index (κ1) is 14.8. The maximum atomic E-state index is 12.5. The van der Waals surface area contributed by atoms with Crippen molar-refractivity contribution in [3.8, 4) is 0 Å². The summed E-state index contributed by atoms with van der Waals surface area (Å²) >= 11 is 0. The van der Waals surface area contributed by atoms with E-state index < -0.39 is 5.97 Å². The summed E-state index contributed by atoms with van der Waals surface area (Å²) < 4.78 is 1.64. The highest BCUT2D eigenvalue weighted by molar-refractivity contribution is 5.88. The maximum absolute atomic E-state index is 12.5. The molecule has 0 atom stereocenters. The van der Waals surface area contributed by atoms with Gasteiger partial charge in [0.2, 0.25) is 0 Å². The van der Waals surface area contributed by atoms with E-state index in [2.05, 4.69) is 18.3 Å². The number of carboxylic acids is 1. The predicted octanol–water partition coefficient (Wildman–Crippen LogP) is 1.19. The van der Waals surface area contributed by atoms with Crippen molar-refractivity contribution in [1.82, 2.24) is 19.6 Å². The molecule has 1 aromatic rings. The number of aromatic nitrogens is 2. The number of amides is 2. The van der Waals surface area contributed by atoms with Crippen molar-refractivity contribution in [2.45, 2.75) is 13.1 Å². The molecule has 0 saturated carbocycles. The fraction of sp³-hybridized carbons (Fsp3) is 0.357. The first-order chi connectivity index (χ1) is 10.1. The van der Waals surface area contributed by atoms with E-state index in [4.69, 9.17) is 5.11 Å². The first-order valence-electron chi connectivity index (χ1n) is 6.62. The number of carbonyl (C=O) groups is 2. The number of carboxylic acid groups (broad SMARTS) is 1. The molecule has 0 spiro atoms. The lowest BCUT2D eigenvalue weighted by Crippen LogP contribution is -2.46. The average molecular weight is 290 g/mol. The van der Waals surface area contributed by atoms with Gasteiger partial charge < -0.3 is 14.9 Å². The Bertz CT molecular complexity index is 569. The van der Waals surface area contributed by atoms with Crippen molar-refractivity contribution in [3.63, 3.8) is 0 Å². The summed E-state index contributed by atoms with van der Waals surface area (Å²) in [6.07, 6.45) is 4.63. The molecule has 112 valence electrons. The van der Waals surface area contributed by atoms with Crippen LogP contribution in [0.15, 0.2) is 31.5 Å². The van der Waals surface area contributed by atoms with Gasteiger partial charge in [-0.1, -0.05) is 12.2 Å². The number of fused-ring (bicyclic) bond motifs is 1. The standard InChI is InChI=1S/C14H18N4O3/c1-3-5-16(6-4-2)14(21)17-7-8-18-12(10-17)11(9-15-18)13(19)20/h3-4,9H,1-2,5-8,10H2,(H,19,20). The van der Waals surface area contributed by atoms with Crippen LogP contribution in [0.4, 0.5) is 4.79 Å². The molecule has 0 fully saturated rings. The fourth-order valence-electron chi connectivity index (χ4n) is 2.33. The molecule has 2 rings (SSSR count). The van der Waals surface area contributed by atoms with E-state index in [0.717, 1.165) is 0 Å². The number of nitrogens with zero attached hydrogens (tertiary/aromatic N) is 4. The maximum Gasteiger partial charge on any atom is 0.339 e. The van der Waals surface area contributed by atoms with Gasteiger partial charge in [-0.15, -0.1) is 13.2 Å². The van der Waals surface area contributed by atoms with Crippen LogP contribution in [0.3, 0.4) is 0 Å². The highest BCUT2D eigenvalue weighted by Gasteiger charge is 2.28. The second-order valence-electron chi connectivity index (χ2n) is 4.72. The Labute approximate surface area is 122 Å². The second-order valence-corrected chi connectivity index (χ2v) is 4.72. The summed E-state index contributed by atoms with van der Waals surface area (Å²) in [7, 11) is 0. The van der Waals surface area contributed by atoms with Gasteiger partial charge in [-0.05, 0) is 0 Å². The van der Waals surface area contributed by atoms with Crippen LogP contribution in [0.2, 0.25) is 0 Å². The van der Waals surface area contributed by atoms with Gasteiger partial charge in [-0.25, -0.2) is 9.59 Å². The Morgan fingerprint density at radius 2 is 2.00 bits per heavy atom. The van der Waals surface area contributed by atoms with Gasteiger partial charge >= 0.3 is 12.0 Å². The third kappa shape index (κ3) is 2.96. The summed E-state index contributed by atoms with van der Waals surface area (Å²) in [4.78, 5) is 26.9. The summed E-state index contributed by atoms with van der Waals surface area (Å²) in [5.41, 5.74) is 0.700. The number of aromatic carboxylic acids is 1. The van der Waals surface area contributed by atoms with Gasteiger partial charge in [0.25, 0.3) is 0 Å². The normalized spacial score (nSPS) is 13.4. The molecule has 0 unspecified atom stereocenters. The van der Waals surface area contributed by atoms with E-state index in [1.54, 1.807) is 26.6 Å². The molecule has 2 heterocycles. The molecule has 7 heteroatoms. The van der Waals surface area contributed by atoms with Gasteiger partial charge in [0.05, 0.1) is 25.0 Å². The Morgan fingerprint density at radius 1 is 1.33 bits per heavy atom. The molecule has 1 aliphatic rings. The largest absolute Gasteiger partial charge is 0.478 e. The van der Waals surface area contributed by atoms with E-state index >= 15 is 0 Å². The highest BCUT2D eigenvalue weighted by atomic mass is 16.4. The van der Waals surface area contributed by atoms with Gasteiger partial charge in [0, 0.05) is 19.6 Å². The SMILES string of the molecule is C=CCN(CC=C)C(=O)N1CCn2ncc(C(=O)O)c2C1. The van der Waals surface area contributed by atoms with Crippen molar-refractivity contribution in [3.05, 3.63) is 42.8 Å². The molecule has 0 radical (unpaired) electrons. The van der Waals surface area contributed by atoms with Crippen LogP contribution in [0.1, 0.15) is 16.1 Å². The van der Waals surface area contributed by atoms with E-state index in [0.29, 0.717) is 31.9 Å². The Hall–Kier alpha value is -2.57. The van der Waals surface area contributed by atoms with Crippen LogP contribution in [0.5, 0.6) is 0 Å². The third-order valence-corrected chi connectivity index (χ3v) is 3.34. The monoisotopic (exact) mass is 290 g/mol. The van der Waals surface area contributed by atoms with Crippen LogP contribution < -0.4 is 0 Å². The first-order valence-corrected chi connectivity index (χ1v) is 6.62. The number of hydrogen-bond acceptors (Lipinski definition) is 3. The van der Waals surface area contributed by atoms with Crippen molar-refractivity contribution in [2.24, 2.45) is 0 Å². The fourth-order valence-corrected chi connectivity index (χ4v) is 2.33. The number of urea groups is 1. The summed E-state index contributed by atoms with van der Waals surface area (Å²) in [6, 6.07) is -0.154. The lowest BCUT2D eigenvalue weighted by molar-refractivity contribution is 0.0692. The molecule has 1 aromatic heterocycles. The van der Waals surface area contributed by atoms with E-state index in [-0.39, 0.29) is 18.1 Å². The molecule has 21 heavy (non-hydrogen) atoms. The van der Waals surface area contributed by atoms with E-state index in [1.165, 1.54) is 6.20 Å². The number of rotatable bonds is 5. The zero-order valence-electron chi connectivity index (χ0n) is 11.7. The number of hydrogen-bond donors (Lipinski definition) is 1. The second kappa shape index (κ2) is 6.25. The quantitative estimate of drug-likeness (QED) is 0.826. The molecule has 1 N–H and O–H groups in total. The minimum atomic E-state index is -1.03. The van der Waals surface area contributed by atoms with E-state index in [9.17, 15) is 9.59 Å². The summed E-state index contributed by atoms with van der Waals surface area (Å²) in [5, 5.41) is 13.2. The minimum absolute atomic E-state index is 0.145. The van der Waals surface area contributed by atoms with Gasteiger partial charge in [-0.2, -0.15) is 5.10 Å². The molecule has 0 saturated heterocycles. The molecule has 0 aromatic carbocycles. The van der Waals surface area contributed by atoms with Gasteiger partial charge in [0.1, 0.15) is 5.56 Å². The van der Waals surface area contributed by atoms with Crippen LogP contribution in [0.25, 0.3) is 0 Å². The predicted molar refractivity (Wildman–Crippen MR) is 77.0 cm³/mol. The Balaban J connectivity index is 2.17. The average Bonchev–Trinajstić information content (AvgIpc) is 2.89. The number of carbonyl (C=O) groups excluding carboxylic acids is 1. The topological polar surface area (TPSA) is 78.7 Å². The molecular weight excluding hydrogens is 272 g/mol. The van der Waals surface area contributed by atoms with Crippen LogP contribution in [-0.4, -0.2) is 56.3 Å². The van der Waals surface area contributed by atoms with Crippen LogP contribution in [0, 0.1) is 0 Å². The van der Waals surface area contributed by atoms with Crippen molar-refractivity contribution < 1.29 is 14.7 Å². The van der Waals surface area contributed by atoms with Gasteiger partial charge in [-0.3, -0.25) is 4.68 Å². The van der Waals surface area contributed by atoms with Crippen molar-refractivity contribution >= 4 is 12.0 Å². The molecule has 7 nitrogen and oxygen atoms in total. The minimum Gasteiger partial charge on any atom is -0.478 e.